The Balaban J connectivity index is 2.72. The van der Waals surface area contributed by atoms with E-state index in [4.69, 9.17) is 11.6 Å². The molecule has 0 aromatic carbocycles. The third kappa shape index (κ3) is 2.66. The van der Waals surface area contributed by atoms with Crippen LogP contribution in [0.3, 0.4) is 0 Å². The second kappa shape index (κ2) is 4.26. The minimum Gasteiger partial charge on any atom is -0.369 e. The zero-order chi connectivity index (χ0) is 8.97. The van der Waals surface area contributed by atoms with E-state index in [0.29, 0.717) is 5.88 Å². The van der Waals surface area contributed by atoms with E-state index in [9.17, 15) is 0 Å². The maximum Gasteiger partial charge on any atom is 0.129 e. The molecule has 0 unspecified atom stereocenters. The van der Waals surface area contributed by atoms with Crippen LogP contribution in [0.2, 0.25) is 0 Å². The van der Waals surface area contributed by atoms with Crippen LogP contribution >= 0.6 is 11.6 Å². The normalized spacial score (nSPS) is 9.92. The van der Waals surface area contributed by atoms with Gasteiger partial charge in [-0.2, -0.15) is 0 Å². The summed E-state index contributed by atoms with van der Waals surface area (Å²) in [6.07, 6.45) is 0. The van der Waals surface area contributed by atoms with Gasteiger partial charge < -0.3 is 5.32 Å². The molecule has 12 heavy (non-hydrogen) atoms. The number of aryl methyl sites for hydroxylation is 2. The van der Waals surface area contributed by atoms with E-state index >= 15 is 0 Å². The second-order valence-corrected chi connectivity index (χ2v) is 2.94. The van der Waals surface area contributed by atoms with Gasteiger partial charge in [0, 0.05) is 24.2 Å². The van der Waals surface area contributed by atoms with E-state index in [1.165, 1.54) is 0 Å². The smallest absolute Gasteiger partial charge is 0.129 e. The zero-order valence-corrected chi connectivity index (χ0v) is 8.02. The van der Waals surface area contributed by atoms with Crippen molar-refractivity contribution in [3.05, 3.63) is 17.6 Å². The standard InChI is InChI=1S/C8H12ClN3/c1-6-5-8(10-4-3-9)12-7(2)11-6/h5H,3-4H2,1-2H3,(H,10,11,12). The molecule has 1 aromatic rings. The number of halogens is 1. The van der Waals surface area contributed by atoms with E-state index in [-0.39, 0.29) is 0 Å². The Morgan fingerprint density at radius 2 is 2.17 bits per heavy atom. The van der Waals surface area contributed by atoms with Crippen LogP contribution in [0, 0.1) is 13.8 Å². The molecule has 0 aliphatic heterocycles. The molecule has 0 saturated carbocycles. The number of hydrogen-bond acceptors (Lipinski definition) is 3. The topological polar surface area (TPSA) is 37.8 Å². The van der Waals surface area contributed by atoms with Gasteiger partial charge in [0.25, 0.3) is 0 Å². The quantitative estimate of drug-likeness (QED) is 0.730. The van der Waals surface area contributed by atoms with Crippen molar-refractivity contribution in [2.24, 2.45) is 0 Å². The number of alkyl halides is 1. The predicted octanol–water partition coefficient (Wildman–Crippen LogP) is 1.74. The molecule has 0 spiro atoms. The highest BCUT2D eigenvalue weighted by atomic mass is 35.5. The number of hydrogen-bond donors (Lipinski definition) is 1. The lowest BCUT2D eigenvalue weighted by Crippen LogP contribution is -2.06. The molecule has 66 valence electrons. The summed E-state index contributed by atoms with van der Waals surface area (Å²) < 4.78 is 0. The van der Waals surface area contributed by atoms with Crippen molar-refractivity contribution in [1.29, 1.82) is 0 Å². The molecule has 1 rings (SSSR count). The summed E-state index contributed by atoms with van der Waals surface area (Å²) in [7, 11) is 0. The first kappa shape index (κ1) is 9.26. The Bertz CT molecular complexity index is 242. The Morgan fingerprint density at radius 1 is 1.42 bits per heavy atom. The molecule has 0 saturated heterocycles. The summed E-state index contributed by atoms with van der Waals surface area (Å²) in [4.78, 5) is 8.35. The van der Waals surface area contributed by atoms with Crippen LogP contribution in [-0.2, 0) is 0 Å². The Kier molecular flexibility index (Phi) is 3.29. The Hall–Kier alpha value is -0.830. The minimum absolute atomic E-state index is 0.585. The van der Waals surface area contributed by atoms with E-state index in [1.807, 2.05) is 19.9 Å². The number of nitrogens with one attached hydrogen (secondary N) is 1. The van der Waals surface area contributed by atoms with Crippen LogP contribution in [0.1, 0.15) is 11.5 Å². The first-order valence-corrected chi connectivity index (χ1v) is 4.38. The average molecular weight is 186 g/mol. The lowest BCUT2D eigenvalue weighted by atomic mass is 10.4. The molecule has 3 nitrogen and oxygen atoms in total. The fourth-order valence-corrected chi connectivity index (χ4v) is 1.08. The molecule has 1 aromatic heterocycles. The van der Waals surface area contributed by atoms with E-state index in [0.717, 1.165) is 23.9 Å². The highest BCUT2D eigenvalue weighted by Crippen LogP contribution is 2.04. The van der Waals surface area contributed by atoms with Crippen LogP contribution in [0.25, 0.3) is 0 Å². The predicted molar refractivity (Wildman–Crippen MR) is 50.7 cm³/mol. The second-order valence-electron chi connectivity index (χ2n) is 2.56. The third-order valence-corrected chi connectivity index (χ3v) is 1.56. The van der Waals surface area contributed by atoms with Crippen molar-refractivity contribution in [3.63, 3.8) is 0 Å². The molecular formula is C8H12ClN3. The molecule has 0 bridgehead atoms. The number of anilines is 1. The van der Waals surface area contributed by atoms with Gasteiger partial charge in [-0.15, -0.1) is 11.6 Å². The van der Waals surface area contributed by atoms with Gasteiger partial charge in [-0.25, -0.2) is 9.97 Å². The van der Waals surface area contributed by atoms with Crippen molar-refractivity contribution >= 4 is 17.4 Å². The fourth-order valence-electron chi connectivity index (χ4n) is 0.983. The highest BCUT2D eigenvalue weighted by Gasteiger charge is 1.96. The maximum atomic E-state index is 5.53. The largest absolute Gasteiger partial charge is 0.369 e. The first-order chi connectivity index (χ1) is 5.72. The number of nitrogens with zero attached hydrogens (tertiary/aromatic N) is 2. The number of aromatic nitrogens is 2. The Morgan fingerprint density at radius 3 is 2.75 bits per heavy atom. The molecule has 0 fully saturated rings. The van der Waals surface area contributed by atoms with E-state index in [2.05, 4.69) is 15.3 Å². The summed E-state index contributed by atoms with van der Waals surface area (Å²) >= 11 is 5.53. The summed E-state index contributed by atoms with van der Waals surface area (Å²) in [5, 5.41) is 3.09. The first-order valence-electron chi connectivity index (χ1n) is 3.84. The van der Waals surface area contributed by atoms with Crippen molar-refractivity contribution in [2.75, 3.05) is 17.7 Å². The zero-order valence-electron chi connectivity index (χ0n) is 7.26. The van der Waals surface area contributed by atoms with Crippen LogP contribution in [0.5, 0.6) is 0 Å². The summed E-state index contributed by atoms with van der Waals surface area (Å²) in [6.45, 7) is 4.55. The van der Waals surface area contributed by atoms with Crippen LogP contribution in [-0.4, -0.2) is 22.4 Å². The number of rotatable bonds is 3. The van der Waals surface area contributed by atoms with Crippen LogP contribution in [0.4, 0.5) is 5.82 Å². The molecule has 1 heterocycles. The van der Waals surface area contributed by atoms with E-state index in [1.54, 1.807) is 0 Å². The van der Waals surface area contributed by atoms with Crippen molar-refractivity contribution < 1.29 is 0 Å². The molecule has 0 aliphatic carbocycles. The summed E-state index contributed by atoms with van der Waals surface area (Å²) in [5.74, 6) is 2.22. The van der Waals surface area contributed by atoms with Gasteiger partial charge >= 0.3 is 0 Å². The lowest BCUT2D eigenvalue weighted by Gasteiger charge is -2.04. The minimum atomic E-state index is 0.585. The molecule has 1 N–H and O–H groups in total. The molecule has 0 aliphatic rings. The molecular weight excluding hydrogens is 174 g/mol. The summed E-state index contributed by atoms with van der Waals surface area (Å²) in [6, 6.07) is 1.90. The SMILES string of the molecule is Cc1cc(NCCCl)nc(C)n1. The molecule has 0 amide bonds. The van der Waals surface area contributed by atoms with E-state index < -0.39 is 0 Å². The maximum absolute atomic E-state index is 5.53. The van der Waals surface area contributed by atoms with Gasteiger partial charge in [0.2, 0.25) is 0 Å². The van der Waals surface area contributed by atoms with Crippen LogP contribution in [0.15, 0.2) is 6.07 Å². The van der Waals surface area contributed by atoms with Crippen molar-refractivity contribution in [1.82, 2.24) is 9.97 Å². The van der Waals surface area contributed by atoms with Gasteiger partial charge in [0.05, 0.1) is 0 Å². The monoisotopic (exact) mass is 185 g/mol. The van der Waals surface area contributed by atoms with Gasteiger partial charge in [0.1, 0.15) is 11.6 Å². The van der Waals surface area contributed by atoms with Gasteiger partial charge in [-0.05, 0) is 13.8 Å². The third-order valence-electron chi connectivity index (χ3n) is 1.37. The van der Waals surface area contributed by atoms with Crippen LogP contribution < -0.4 is 5.32 Å². The van der Waals surface area contributed by atoms with Gasteiger partial charge in [0.15, 0.2) is 0 Å². The molecule has 4 heteroatoms. The van der Waals surface area contributed by atoms with Gasteiger partial charge in [-0.1, -0.05) is 0 Å². The lowest BCUT2D eigenvalue weighted by molar-refractivity contribution is 1.00. The van der Waals surface area contributed by atoms with Crippen molar-refractivity contribution in [3.8, 4) is 0 Å². The fraction of sp³-hybridized carbons (Fsp3) is 0.500. The summed E-state index contributed by atoms with van der Waals surface area (Å²) in [5.41, 5.74) is 0.972. The highest BCUT2D eigenvalue weighted by molar-refractivity contribution is 6.18. The Labute approximate surface area is 77.2 Å². The average Bonchev–Trinajstić information content (AvgIpc) is 1.99. The molecule has 0 radical (unpaired) electrons. The molecule has 0 atom stereocenters. The van der Waals surface area contributed by atoms with Gasteiger partial charge in [-0.3, -0.25) is 0 Å². The van der Waals surface area contributed by atoms with Crippen molar-refractivity contribution in [2.45, 2.75) is 13.8 Å².